The fourth-order valence-electron chi connectivity index (χ4n) is 4.61. The molecule has 1 fully saturated rings. The van der Waals surface area contributed by atoms with Crippen LogP contribution in [0.15, 0.2) is 48.5 Å². The van der Waals surface area contributed by atoms with Crippen LogP contribution in [0.5, 0.6) is 0 Å². The first-order chi connectivity index (χ1) is 14.3. The van der Waals surface area contributed by atoms with E-state index in [0.29, 0.717) is 11.5 Å². The molecule has 0 spiro atoms. The fourth-order valence-corrected chi connectivity index (χ4v) is 4.61. The van der Waals surface area contributed by atoms with Gasteiger partial charge in [0.25, 0.3) is 0 Å². The Balaban J connectivity index is 1.28. The van der Waals surface area contributed by atoms with Crippen molar-refractivity contribution in [1.82, 2.24) is 25.0 Å². The van der Waals surface area contributed by atoms with Crippen LogP contribution in [0.1, 0.15) is 36.0 Å². The molecule has 1 saturated heterocycles. The number of nitrogens with one attached hydrogen (secondary N) is 1. The van der Waals surface area contributed by atoms with E-state index in [1.807, 2.05) is 30.3 Å². The van der Waals surface area contributed by atoms with E-state index in [2.05, 4.69) is 31.0 Å². The average molecular weight is 391 g/mol. The van der Waals surface area contributed by atoms with Gasteiger partial charge in [-0.3, -0.25) is 4.90 Å². The van der Waals surface area contributed by atoms with E-state index in [1.165, 1.54) is 11.6 Å². The molecule has 0 amide bonds. The van der Waals surface area contributed by atoms with Crippen LogP contribution >= 0.6 is 0 Å². The van der Waals surface area contributed by atoms with E-state index < -0.39 is 0 Å². The Morgan fingerprint density at radius 2 is 1.69 bits per heavy atom. The first-order valence-electron chi connectivity index (χ1n) is 10.5. The molecule has 3 aromatic rings. The van der Waals surface area contributed by atoms with Gasteiger partial charge in [0.1, 0.15) is 17.5 Å². The molecule has 5 rings (SSSR count). The van der Waals surface area contributed by atoms with Gasteiger partial charge in [0, 0.05) is 31.1 Å². The first kappa shape index (κ1) is 18.5. The standard InChI is InChI=1S/C23H26FN5/c24-21-8-4-3-7-20(21)19-6-2-1-5-18(19)16-28-12-9-17(10-13-28)23-27-26-22-15-25-11-14-29(22)23/h1-8,17,25H,9-16H2. The van der Waals surface area contributed by atoms with Crippen molar-refractivity contribution in [1.29, 1.82) is 0 Å². The minimum absolute atomic E-state index is 0.162. The Morgan fingerprint density at radius 1 is 0.931 bits per heavy atom. The molecule has 150 valence electrons. The summed E-state index contributed by atoms with van der Waals surface area (Å²) >= 11 is 0. The SMILES string of the molecule is Fc1ccccc1-c1ccccc1CN1CCC(c2nnc3n2CCNC3)CC1. The number of nitrogens with zero attached hydrogens (tertiary/aromatic N) is 4. The number of likely N-dealkylation sites (tertiary alicyclic amines) is 1. The molecule has 0 bridgehead atoms. The average Bonchev–Trinajstić information content (AvgIpc) is 3.20. The van der Waals surface area contributed by atoms with Gasteiger partial charge in [-0.2, -0.15) is 0 Å². The topological polar surface area (TPSA) is 46.0 Å². The van der Waals surface area contributed by atoms with E-state index in [4.69, 9.17) is 0 Å². The summed E-state index contributed by atoms with van der Waals surface area (Å²) in [5.41, 5.74) is 2.86. The fraction of sp³-hybridized carbons (Fsp3) is 0.391. The molecule has 5 nitrogen and oxygen atoms in total. The van der Waals surface area contributed by atoms with Crippen molar-refractivity contribution in [2.24, 2.45) is 0 Å². The monoisotopic (exact) mass is 391 g/mol. The number of hydrogen-bond acceptors (Lipinski definition) is 4. The first-order valence-corrected chi connectivity index (χ1v) is 10.5. The van der Waals surface area contributed by atoms with Crippen molar-refractivity contribution in [3.63, 3.8) is 0 Å². The van der Waals surface area contributed by atoms with Gasteiger partial charge in [-0.25, -0.2) is 4.39 Å². The normalized spacial score (nSPS) is 18.0. The second-order valence-electron chi connectivity index (χ2n) is 7.99. The lowest BCUT2D eigenvalue weighted by molar-refractivity contribution is 0.199. The second-order valence-corrected chi connectivity index (χ2v) is 7.99. The zero-order valence-electron chi connectivity index (χ0n) is 16.5. The lowest BCUT2D eigenvalue weighted by Crippen LogP contribution is -2.34. The second kappa shape index (κ2) is 8.05. The largest absolute Gasteiger partial charge is 0.312 e. The zero-order valence-corrected chi connectivity index (χ0v) is 16.5. The van der Waals surface area contributed by atoms with Gasteiger partial charge in [-0.05, 0) is 43.1 Å². The summed E-state index contributed by atoms with van der Waals surface area (Å²) in [7, 11) is 0. The summed E-state index contributed by atoms with van der Waals surface area (Å²) in [6, 6.07) is 15.2. The third-order valence-electron chi connectivity index (χ3n) is 6.18. The molecule has 0 atom stereocenters. The van der Waals surface area contributed by atoms with Crippen LogP contribution in [0.25, 0.3) is 11.1 Å². The maximum atomic E-state index is 14.3. The summed E-state index contributed by atoms with van der Waals surface area (Å²) in [4.78, 5) is 2.48. The molecule has 3 heterocycles. The summed E-state index contributed by atoms with van der Waals surface area (Å²) < 4.78 is 16.7. The van der Waals surface area contributed by atoms with Crippen LogP contribution in [-0.2, 0) is 19.6 Å². The molecular weight excluding hydrogens is 365 g/mol. The highest BCUT2D eigenvalue weighted by atomic mass is 19.1. The van der Waals surface area contributed by atoms with Gasteiger partial charge < -0.3 is 9.88 Å². The van der Waals surface area contributed by atoms with Crippen LogP contribution in [0.3, 0.4) is 0 Å². The molecule has 0 saturated carbocycles. The summed E-state index contributed by atoms with van der Waals surface area (Å²) in [5.74, 6) is 2.54. The van der Waals surface area contributed by atoms with E-state index in [0.717, 1.165) is 69.3 Å². The molecule has 6 heteroatoms. The number of rotatable bonds is 4. The summed E-state index contributed by atoms with van der Waals surface area (Å²) in [6.07, 6.45) is 2.18. The maximum absolute atomic E-state index is 14.3. The van der Waals surface area contributed by atoms with Crippen molar-refractivity contribution in [3.8, 4) is 11.1 Å². The quantitative estimate of drug-likeness (QED) is 0.739. The van der Waals surface area contributed by atoms with Crippen LogP contribution in [0.2, 0.25) is 0 Å². The van der Waals surface area contributed by atoms with E-state index in [1.54, 1.807) is 6.07 Å². The highest BCUT2D eigenvalue weighted by molar-refractivity contribution is 5.67. The van der Waals surface area contributed by atoms with Gasteiger partial charge in [0.15, 0.2) is 0 Å². The lowest BCUT2D eigenvalue weighted by atomic mass is 9.94. The molecule has 1 N–H and O–H groups in total. The number of halogens is 1. The van der Waals surface area contributed by atoms with E-state index in [-0.39, 0.29) is 5.82 Å². The third kappa shape index (κ3) is 3.70. The molecule has 29 heavy (non-hydrogen) atoms. The number of fused-ring (bicyclic) bond motifs is 1. The van der Waals surface area contributed by atoms with E-state index in [9.17, 15) is 4.39 Å². The molecule has 0 radical (unpaired) electrons. The molecule has 1 aromatic heterocycles. The number of aromatic nitrogens is 3. The minimum atomic E-state index is -0.162. The Hall–Kier alpha value is -2.57. The van der Waals surface area contributed by atoms with Crippen molar-refractivity contribution in [2.75, 3.05) is 19.6 Å². The zero-order chi connectivity index (χ0) is 19.6. The molecule has 2 aliphatic rings. The molecule has 2 aliphatic heterocycles. The van der Waals surface area contributed by atoms with E-state index >= 15 is 0 Å². The Kier molecular flexibility index (Phi) is 5.12. The summed E-state index contributed by atoms with van der Waals surface area (Å²) in [5, 5.41) is 12.2. The molecule has 0 aliphatic carbocycles. The Bertz CT molecular complexity index is 990. The van der Waals surface area contributed by atoms with Gasteiger partial charge in [-0.15, -0.1) is 10.2 Å². The molecular formula is C23H26FN5. The van der Waals surface area contributed by atoms with Gasteiger partial charge in [0.2, 0.25) is 0 Å². The lowest BCUT2D eigenvalue weighted by Gasteiger charge is -2.32. The minimum Gasteiger partial charge on any atom is -0.312 e. The van der Waals surface area contributed by atoms with Crippen LogP contribution in [0, 0.1) is 5.82 Å². The van der Waals surface area contributed by atoms with Crippen molar-refractivity contribution in [2.45, 2.75) is 38.4 Å². The molecule has 0 unspecified atom stereocenters. The Morgan fingerprint density at radius 3 is 2.52 bits per heavy atom. The third-order valence-corrected chi connectivity index (χ3v) is 6.18. The van der Waals surface area contributed by atoms with Gasteiger partial charge >= 0.3 is 0 Å². The van der Waals surface area contributed by atoms with Gasteiger partial charge in [0.05, 0.1) is 6.54 Å². The predicted molar refractivity (Wildman–Crippen MR) is 111 cm³/mol. The number of piperidine rings is 1. The maximum Gasteiger partial charge on any atom is 0.147 e. The van der Waals surface area contributed by atoms with Crippen LogP contribution in [0.4, 0.5) is 4.39 Å². The summed E-state index contributed by atoms with van der Waals surface area (Å²) in [6.45, 7) is 5.67. The highest BCUT2D eigenvalue weighted by Crippen LogP contribution is 2.31. The number of hydrogen-bond donors (Lipinski definition) is 1. The van der Waals surface area contributed by atoms with Crippen molar-refractivity contribution in [3.05, 3.63) is 71.6 Å². The van der Waals surface area contributed by atoms with Crippen molar-refractivity contribution >= 4 is 0 Å². The van der Waals surface area contributed by atoms with Crippen LogP contribution in [-0.4, -0.2) is 39.3 Å². The predicted octanol–water partition coefficient (Wildman–Crippen LogP) is 3.57. The number of benzene rings is 2. The van der Waals surface area contributed by atoms with Crippen LogP contribution < -0.4 is 5.32 Å². The Labute approximate surface area is 170 Å². The molecule has 2 aromatic carbocycles. The smallest absolute Gasteiger partial charge is 0.147 e. The van der Waals surface area contributed by atoms with Gasteiger partial charge in [-0.1, -0.05) is 42.5 Å². The highest BCUT2D eigenvalue weighted by Gasteiger charge is 2.27. The van der Waals surface area contributed by atoms with Crippen molar-refractivity contribution < 1.29 is 4.39 Å².